The van der Waals surface area contributed by atoms with Crippen LogP contribution in [0, 0.1) is 5.82 Å². The summed E-state index contributed by atoms with van der Waals surface area (Å²) < 4.78 is 13.3. The highest BCUT2D eigenvalue weighted by Crippen LogP contribution is 2.19. The second kappa shape index (κ2) is 5.59. The first-order chi connectivity index (χ1) is 9.11. The first kappa shape index (κ1) is 13.2. The molecule has 0 aromatic carbocycles. The lowest BCUT2D eigenvalue weighted by atomic mass is 10.3. The quantitative estimate of drug-likeness (QED) is 0.589. The molecule has 6 nitrogen and oxygen atoms in total. The lowest BCUT2D eigenvalue weighted by molar-refractivity contribution is 0.102. The summed E-state index contributed by atoms with van der Waals surface area (Å²) >= 11 is 5.86. The number of nitrogen functional groups attached to an aromatic ring is 1. The smallest absolute Gasteiger partial charge is 0.275 e. The molecular weight excluding hydrogens is 273 g/mol. The number of carbonyl (C=O) groups excluding carboxylic acids is 1. The van der Waals surface area contributed by atoms with Gasteiger partial charge in [0.25, 0.3) is 5.91 Å². The Morgan fingerprint density at radius 2 is 2.16 bits per heavy atom. The molecule has 19 heavy (non-hydrogen) atoms. The number of hydrogen-bond acceptors (Lipinski definition) is 5. The SMILES string of the molecule is NNc1ccc(Cl)c(C(=O)Nc2ccncc2F)n1. The minimum absolute atomic E-state index is 0.0102. The van der Waals surface area contributed by atoms with Crippen LogP contribution in [0.1, 0.15) is 10.5 Å². The van der Waals surface area contributed by atoms with Crippen LogP contribution in [0.2, 0.25) is 5.02 Å². The van der Waals surface area contributed by atoms with E-state index < -0.39 is 11.7 Å². The van der Waals surface area contributed by atoms with Crippen LogP contribution in [-0.2, 0) is 0 Å². The Morgan fingerprint density at radius 3 is 2.84 bits per heavy atom. The molecule has 0 aliphatic rings. The molecule has 2 aromatic heterocycles. The second-order valence-corrected chi connectivity index (χ2v) is 3.89. The van der Waals surface area contributed by atoms with Gasteiger partial charge in [-0.3, -0.25) is 9.78 Å². The van der Waals surface area contributed by atoms with E-state index in [9.17, 15) is 9.18 Å². The van der Waals surface area contributed by atoms with E-state index >= 15 is 0 Å². The van der Waals surface area contributed by atoms with E-state index in [4.69, 9.17) is 17.4 Å². The monoisotopic (exact) mass is 281 g/mol. The molecule has 0 saturated carbocycles. The van der Waals surface area contributed by atoms with Gasteiger partial charge >= 0.3 is 0 Å². The van der Waals surface area contributed by atoms with Gasteiger partial charge in [-0.2, -0.15) is 0 Å². The van der Waals surface area contributed by atoms with Crippen LogP contribution in [0.25, 0.3) is 0 Å². The molecule has 4 N–H and O–H groups in total. The van der Waals surface area contributed by atoms with Crippen molar-refractivity contribution in [1.29, 1.82) is 0 Å². The van der Waals surface area contributed by atoms with E-state index in [1.54, 1.807) is 0 Å². The highest BCUT2D eigenvalue weighted by atomic mass is 35.5. The molecule has 2 aromatic rings. The summed E-state index contributed by atoms with van der Waals surface area (Å²) in [5, 5.41) is 2.48. The Bertz CT molecular complexity index is 622. The number of hydrazine groups is 1. The zero-order valence-electron chi connectivity index (χ0n) is 9.52. The number of aromatic nitrogens is 2. The van der Waals surface area contributed by atoms with Gasteiger partial charge in [0, 0.05) is 6.20 Å². The highest BCUT2D eigenvalue weighted by Gasteiger charge is 2.15. The van der Waals surface area contributed by atoms with Crippen molar-refractivity contribution < 1.29 is 9.18 Å². The van der Waals surface area contributed by atoms with Crippen molar-refractivity contribution >= 4 is 29.0 Å². The van der Waals surface area contributed by atoms with Crippen LogP contribution in [0.5, 0.6) is 0 Å². The van der Waals surface area contributed by atoms with Crippen LogP contribution in [0.15, 0.2) is 30.6 Å². The number of halogens is 2. The largest absolute Gasteiger partial charge is 0.318 e. The van der Waals surface area contributed by atoms with E-state index in [0.29, 0.717) is 0 Å². The molecule has 2 rings (SSSR count). The van der Waals surface area contributed by atoms with Crippen molar-refractivity contribution in [1.82, 2.24) is 9.97 Å². The molecule has 98 valence electrons. The van der Waals surface area contributed by atoms with Crippen molar-refractivity contribution in [3.8, 4) is 0 Å². The minimum Gasteiger partial charge on any atom is -0.318 e. The standard InChI is InChI=1S/C11H9ClFN5O/c12-6-1-2-9(18-14)17-10(6)11(19)16-8-3-4-15-5-7(8)13/h1-5H,14H2,(H,17,18)(H,15,16,19). The summed E-state index contributed by atoms with van der Waals surface area (Å²) in [7, 11) is 0. The van der Waals surface area contributed by atoms with Gasteiger partial charge in [0.2, 0.25) is 0 Å². The van der Waals surface area contributed by atoms with Crippen molar-refractivity contribution in [3.05, 3.63) is 47.1 Å². The summed E-state index contributed by atoms with van der Waals surface area (Å²) in [6.07, 6.45) is 2.34. The van der Waals surface area contributed by atoms with Crippen LogP contribution in [0.4, 0.5) is 15.9 Å². The van der Waals surface area contributed by atoms with Crippen molar-refractivity contribution in [2.45, 2.75) is 0 Å². The number of pyridine rings is 2. The predicted octanol–water partition coefficient (Wildman–Crippen LogP) is 1.81. The average molecular weight is 282 g/mol. The van der Waals surface area contributed by atoms with Crippen molar-refractivity contribution in [2.75, 3.05) is 10.7 Å². The molecule has 0 fully saturated rings. The summed E-state index contributed by atoms with van der Waals surface area (Å²) in [6, 6.07) is 4.29. The summed E-state index contributed by atoms with van der Waals surface area (Å²) in [5.41, 5.74) is 2.22. The average Bonchev–Trinajstić information content (AvgIpc) is 2.42. The van der Waals surface area contributed by atoms with Gasteiger partial charge in [0.15, 0.2) is 5.82 Å². The third-order valence-electron chi connectivity index (χ3n) is 2.23. The molecule has 0 unspecified atom stereocenters. The number of nitrogens with two attached hydrogens (primary N) is 1. The van der Waals surface area contributed by atoms with Gasteiger partial charge in [0.05, 0.1) is 16.9 Å². The maximum Gasteiger partial charge on any atom is 0.275 e. The molecule has 0 aliphatic carbocycles. The fourth-order valence-electron chi connectivity index (χ4n) is 1.34. The van der Waals surface area contributed by atoms with Gasteiger partial charge in [-0.1, -0.05) is 11.6 Å². The van der Waals surface area contributed by atoms with Crippen LogP contribution >= 0.6 is 11.6 Å². The third kappa shape index (κ3) is 2.95. The zero-order chi connectivity index (χ0) is 13.8. The molecule has 0 bridgehead atoms. The Labute approximate surface area is 112 Å². The van der Waals surface area contributed by atoms with Gasteiger partial charge in [-0.15, -0.1) is 0 Å². The number of nitrogens with one attached hydrogen (secondary N) is 2. The first-order valence-corrected chi connectivity index (χ1v) is 5.53. The summed E-state index contributed by atoms with van der Waals surface area (Å²) in [6.45, 7) is 0. The Morgan fingerprint density at radius 1 is 1.37 bits per heavy atom. The molecule has 0 atom stereocenters. The normalized spacial score (nSPS) is 10.1. The number of anilines is 2. The molecule has 0 saturated heterocycles. The maximum atomic E-state index is 13.3. The fourth-order valence-corrected chi connectivity index (χ4v) is 1.53. The lowest BCUT2D eigenvalue weighted by Crippen LogP contribution is -2.17. The molecule has 2 heterocycles. The van der Waals surface area contributed by atoms with E-state index in [0.717, 1.165) is 6.20 Å². The Kier molecular flexibility index (Phi) is 3.88. The molecule has 8 heteroatoms. The molecule has 1 amide bonds. The minimum atomic E-state index is -0.653. The van der Waals surface area contributed by atoms with E-state index in [2.05, 4.69) is 20.7 Å². The maximum absolute atomic E-state index is 13.3. The second-order valence-electron chi connectivity index (χ2n) is 3.48. The summed E-state index contributed by atoms with van der Waals surface area (Å²) in [5.74, 6) is 4.16. The van der Waals surface area contributed by atoms with Crippen LogP contribution in [-0.4, -0.2) is 15.9 Å². The number of hydrogen-bond donors (Lipinski definition) is 3. The van der Waals surface area contributed by atoms with E-state index in [1.165, 1.54) is 24.4 Å². The number of nitrogens with zero attached hydrogens (tertiary/aromatic N) is 2. The van der Waals surface area contributed by atoms with Gasteiger partial charge in [-0.05, 0) is 18.2 Å². The highest BCUT2D eigenvalue weighted by molar-refractivity contribution is 6.34. The molecule has 0 radical (unpaired) electrons. The van der Waals surface area contributed by atoms with Gasteiger partial charge in [0.1, 0.15) is 11.5 Å². The van der Waals surface area contributed by atoms with Crippen molar-refractivity contribution in [2.24, 2.45) is 5.84 Å². The van der Waals surface area contributed by atoms with E-state index in [-0.39, 0.29) is 22.2 Å². The number of carbonyl (C=O) groups is 1. The Hall–Kier alpha value is -2.25. The number of amides is 1. The zero-order valence-corrected chi connectivity index (χ0v) is 10.3. The van der Waals surface area contributed by atoms with Crippen molar-refractivity contribution in [3.63, 3.8) is 0 Å². The molecule has 0 aliphatic heterocycles. The van der Waals surface area contributed by atoms with Gasteiger partial charge < -0.3 is 10.7 Å². The third-order valence-corrected chi connectivity index (χ3v) is 2.53. The van der Waals surface area contributed by atoms with E-state index in [1.807, 2.05) is 0 Å². The topological polar surface area (TPSA) is 92.9 Å². The summed E-state index contributed by atoms with van der Waals surface area (Å²) in [4.78, 5) is 19.4. The number of rotatable bonds is 3. The van der Waals surface area contributed by atoms with Gasteiger partial charge in [-0.25, -0.2) is 15.2 Å². The lowest BCUT2D eigenvalue weighted by Gasteiger charge is -2.08. The van der Waals surface area contributed by atoms with Crippen LogP contribution < -0.4 is 16.6 Å². The molecular formula is C11H9ClFN5O. The predicted molar refractivity (Wildman–Crippen MR) is 69.2 cm³/mol. The Balaban J connectivity index is 2.28. The van der Waals surface area contributed by atoms with Crippen LogP contribution in [0.3, 0.4) is 0 Å². The molecule has 0 spiro atoms. The fraction of sp³-hybridized carbons (Fsp3) is 0. The first-order valence-electron chi connectivity index (χ1n) is 5.16.